The van der Waals surface area contributed by atoms with E-state index in [0.717, 1.165) is 33.6 Å². The topological polar surface area (TPSA) is 93.1 Å². The molecule has 1 aliphatic heterocycles. The van der Waals surface area contributed by atoms with Crippen LogP contribution in [0.5, 0.6) is 11.5 Å². The number of carbonyl (C=O) groups is 1. The number of sulfonamides is 1. The monoisotopic (exact) mass is 561 g/mol. The molecule has 0 spiro atoms. The Labute approximate surface area is 224 Å². The van der Waals surface area contributed by atoms with Gasteiger partial charge >= 0.3 is 12.1 Å². The molecule has 11 heteroatoms. The first-order chi connectivity index (χ1) is 18.4. The summed E-state index contributed by atoms with van der Waals surface area (Å²) in [7, 11) is -2.92. The van der Waals surface area contributed by atoms with E-state index in [2.05, 4.69) is 0 Å². The number of methoxy groups -OCH3 is 1. The second-order valence-corrected chi connectivity index (χ2v) is 10.9. The molecular weight excluding hydrogens is 535 g/mol. The van der Waals surface area contributed by atoms with Crippen LogP contribution in [0.15, 0.2) is 71.6 Å². The van der Waals surface area contributed by atoms with E-state index >= 15 is 0 Å². The van der Waals surface area contributed by atoms with Crippen LogP contribution in [0.3, 0.4) is 0 Å². The molecule has 0 aromatic heterocycles. The van der Waals surface area contributed by atoms with Crippen LogP contribution in [0.4, 0.5) is 18.9 Å². The van der Waals surface area contributed by atoms with Gasteiger partial charge in [0, 0.05) is 12.0 Å². The van der Waals surface area contributed by atoms with Crippen molar-refractivity contribution in [3.8, 4) is 11.5 Å². The molecule has 7 nitrogen and oxygen atoms in total. The Bertz CT molecular complexity index is 1520. The molecule has 3 aromatic carbocycles. The van der Waals surface area contributed by atoms with Crippen molar-refractivity contribution in [2.24, 2.45) is 0 Å². The molecule has 0 saturated heterocycles. The van der Waals surface area contributed by atoms with Gasteiger partial charge in [-0.25, -0.2) is 8.42 Å². The largest absolute Gasteiger partial charge is 0.496 e. The van der Waals surface area contributed by atoms with E-state index in [1.807, 2.05) is 37.3 Å². The maximum Gasteiger partial charge on any atom is 0.416 e. The van der Waals surface area contributed by atoms with E-state index in [4.69, 9.17) is 14.6 Å². The molecule has 0 amide bonds. The molecule has 1 heterocycles. The summed E-state index contributed by atoms with van der Waals surface area (Å²) in [6, 6.07) is 15.8. The van der Waals surface area contributed by atoms with Crippen LogP contribution < -0.4 is 13.8 Å². The van der Waals surface area contributed by atoms with E-state index < -0.39 is 38.7 Å². The molecule has 1 N–H and O–H groups in total. The van der Waals surface area contributed by atoms with Crippen LogP contribution in [0, 0.1) is 0 Å². The summed E-state index contributed by atoms with van der Waals surface area (Å²) in [6.07, 6.45) is -3.98. The number of hydrogen-bond donors (Lipinski definition) is 1. The standard InChI is InChI=1S/C28H26F3NO6S/c1-18(23-8-3-4-9-25(23)37-2)14-19-10-12-26-24(15-19)32(17-21(38-26)11-13-27(33)34)39(35,36)22-7-5-6-20(16-22)28(29,30)31/h3-10,12,14-16,21H,11,13,17H2,1-2H3,(H,33,34)/b18-14+/t21-/m0/s1. The van der Waals surface area contributed by atoms with E-state index in [0.29, 0.717) is 17.4 Å². The van der Waals surface area contributed by atoms with E-state index in [9.17, 15) is 26.4 Å². The van der Waals surface area contributed by atoms with Crippen molar-refractivity contribution in [3.63, 3.8) is 0 Å². The minimum Gasteiger partial charge on any atom is -0.496 e. The van der Waals surface area contributed by atoms with Gasteiger partial charge in [-0.3, -0.25) is 9.10 Å². The fourth-order valence-electron chi connectivity index (χ4n) is 4.34. The van der Waals surface area contributed by atoms with Crippen LogP contribution in [-0.2, 0) is 21.0 Å². The van der Waals surface area contributed by atoms with Crippen molar-refractivity contribution < 1.29 is 41.0 Å². The molecule has 0 aliphatic carbocycles. The SMILES string of the molecule is COc1ccccc1/C(C)=C/c1ccc2c(c1)N(S(=O)(=O)c1cccc(C(F)(F)F)c1)C[C@H](CCC(=O)O)O2. The number of fused-ring (bicyclic) bond motifs is 1. The van der Waals surface area contributed by atoms with E-state index in [1.54, 1.807) is 25.3 Å². The summed E-state index contributed by atoms with van der Waals surface area (Å²) < 4.78 is 79.8. The lowest BCUT2D eigenvalue weighted by Crippen LogP contribution is -2.43. The number of alkyl halides is 3. The Morgan fingerprint density at radius 3 is 2.56 bits per heavy atom. The van der Waals surface area contributed by atoms with Crippen LogP contribution in [0.2, 0.25) is 0 Å². The zero-order valence-electron chi connectivity index (χ0n) is 21.1. The quantitative estimate of drug-likeness (QED) is 0.335. The van der Waals surface area contributed by atoms with Gasteiger partial charge in [0.05, 0.1) is 29.8 Å². The molecule has 0 radical (unpaired) electrons. The number of rotatable bonds is 8. The molecule has 0 saturated carbocycles. The highest BCUT2D eigenvalue weighted by atomic mass is 32.2. The third-order valence-corrected chi connectivity index (χ3v) is 8.04. The van der Waals surface area contributed by atoms with E-state index in [1.165, 1.54) is 0 Å². The second kappa shape index (κ2) is 11.0. The number of hydrogen-bond acceptors (Lipinski definition) is 5. The number of allylic oxidation sites excluding steroid dienone is 1. The number of carboxylic acid groups (broad SMARTS) is 1. The lowest BCUT2D eigenvalue weighted by molar-refractivity contribution is -0.138. The molecule has 3 aromatic rings. The zero-order chi connectivity index (χ0) is 28.4. The van der Waals surface area contributed by atoms with Gasteiger partial charge in [0.25, 0.3) is 10.0 Å². The molecule has 0 bridgehead atoms. The minimum atomic E-state index is -4.73. The summed E-state index contributed by atoms with van der Waals surface area (Å²) in [5, 5.41) is 9.09. The Balaban J connectivity index is 1.79. The first-order valence-corrected chi connectivity index (χ1v) is 13.4. The number of benzene rings is 3. The first-order valence-electron chi connectivity index (χ1n) is 11.9. The average Bonchev–Trinajstić information content (AvgIpc) is 2.91. The number of halogens is 3. The normalized spacial score (nSPS) is 15.9. The Hall–Kier alpha value is -3.99. The van der Waals surface area contributed by atoms with Crippen molar-refractivity contribution in [1.29, 1.82) is 0 Å². The van der Waals surface area contributed by atoms with Crippen molar-refractivity contribution >= 4 is 33.3 Å². The van der Waals surface area contributed by atoms with Crippen LogP contribution in [-0.4, -0.2) is 39.3 Å². The lowest BCUT2D eigenvalue weighted by Gasteiger charge is -2.35. The lowest BCUT2D eigenvalue weighted by atomic mass is 10.0. The predicted octanol–water partition coefficient (Wildman–Crippen LogP) is 6.10. The summed E-state index contributed by atoms with van der Waals surface area (Å²) in [5.41, 5.74) is 1.32. The first kappa shape index (κ1) is 28.0. The summed E-state index contributed by atoms with van der Waals surface area (Å²) in [4.78, 5) is 10.6. The Kier molecular flexibility index (Phi) is 7.91. The molecule has 4 rings (SSSR count). The summed E-state index contributed by atoms with van der Waals surface area (Å²) >= 11 is 0. The second-order valence-electron chi connectivity index (χ2n) is 8.99. The van der Waals surface area contributed by atoms with Gasteiger partial charge in [-0.15, -0.1) is 0 Å². The Morgan fingerprint density at radius 2 is 1.87 bits per heavy atom. The molecule has 39 heavy (non-hydrogen) atoms. The van der Waals surface area contributed by atoms with Crippen LogP contribution in [0.25, 0.3) is 11.6 Å². The van der Waals surface area contributed by atoms with Crippen LogP contribution in [0.1, 0.15) is 36.5 Å². The number of aliphatic carboxylic acids is 1. The number of para-hydroxylation sites is 1. The van der Waals surface area contributed by atoms with Gasteiger partial charge in [0.2, 0.25) is 0 Å². The maximum absolute atomic E-state index is 13.7. The van der Waals surface area contributed by atoms with Gasteiger partial charge in [0.15, 0.2) is 0 Å². The highest BCUT2D eigenvalue weighted by Crippen LogP contribution is 2.40. The number of carboxylic acids is 1. The van der Waals surface area contributed by atoms with Crippen molar-refractivity contribution in [3.05, 3.63) is 83.4 Å². The van der Waals surface area contributed by atoms with Gasteiger partial charge in [-0.05, 0) is 60.9 Å². The molecule has 206 valence electrons. The molecular formula is C28H26F3NO6S. The average molecular weight is 562 g/mol. The van der Waals surface area contributed by atoms with Crippen molar-refractivity contribution in [1.82, 2.24) is 0 Å². The molecule has 1 aliphatic rings. The number of ether oxygens (including phenoxy) is 2. The number of anilines is 1. The van der Waals surface area contributed by atoms with Gasteiger partial charge < -0.3 is 14.6 Å². The summed E-state index contributed by atoms with van der Waals surface area (Å²) in [5.74, 6) is -0.245. The van der Waals surface area contributed by atoms with Gasteiger partial charge in [0.1, 0.15) is 17.6 Å². The molecule has 1 atom stereocenters. The Morgan fingerprint density at radius 1 is 1.13 bits per heavy atom. The fraction of sp³-hybridized carbons (Fsp3) is 0.250. The van der Waals surface area contributed by atoms with Gasteiger partial charge in [-0.1, -0.05) is 36.4 Å². The van der Waals surface area contributed by atoms with E-state index in [-0.39, 0.29) is 30.8 Å². The predicted molar refractivity (Wildman–Crippen MR) is 140 cm³/mol. The third-order valence-electron chi connectivity index (χ3n) is 6.26. The van der Waals surface area contributed by atoms with Crippen molar-refractivity contribution in [2.75, 3.05) is 18.0 Å². The highest BCUT2D eigenvalue weighted by molar-refractivity contribution is 7.92. The van der Waals surface area contributed by atoms with Crippen LogP contribution >= 0.6 is 0 Å². The highest BCUT2D eigenvalue weighted by Gasteiger charge is 2.37. The van der Waals surface area contributed by atoms with Crippen molar-refractivity contribution in [2.45, 2.75) is 36.9 Å². The zero-order valence-corrected chi connectivity index (χ0v) is 21.9. The smallest absolute Gasteiger partial charge is 0.416 e. The fourth-order valence-corrected chi connectivity index (χ4v) is 5.88. The minimum absolute atomic E-state index is 0.0119. The maximum atomic E-state index is 13.7. The van der Waals surface area contributed by atoms with Gasteiger partial charge in [-0.2, -0.15) is 13.2 Å². The third kappa shape index (κ3) is 6.19. The summed E-state index contributed by atoms with van der Waals surface area (Å²) in [6.45, 7) is 1.60. The molecule has 0 fully saturated rings. The molecule has 0 unspecified atom stereocenters. The number of nitrogens with zero attached hydrogens (tertiary/aromatic N) is 1.